The number of carbonyl (C=O) groups is 1. The zero-order chi connectivity index (χ0) is 14.9. The van der Waals surface area contributed by atoms with E-state index >= 15 is 0 Å². The van der Waals surface area contributed by atoms with Crippen molar-refractivity contribution < 1.29 is 4.79 Å². The van der Waals surface area contributed by atoms with Gasteiger partial charge in [0.25, 0.3) is 5.91 Å². The monoisotopic (exact) mass is 436 g/mol. The summed E-state index contributed by atoms with van der Waals surface area (Å²) in [6.07, 6.45) is 0. The zero-order valence-electron chi connectivity index (χ0n) is 9.88. The summed E-state index contributed by atoms with van der Waals surface area (Å²) < 4.78 is 1.36. The van der Waals surface area contributed by atoms with Crippen LogP contribution in [0.25, 0.3) is 0 Å². The summed E-state index contributed by atoms with van der Waals surface area (Å²) in [7, 11) is 0. The second kappa shape index (κ2) is 6.35. The Balaban J connectivity index is 2.35. The maximum Gasteiger partial charge on any atom is 0.256 e. The van der Waals surface area contributed by atoms with E-state index in [4.69, 9.17) is 28.9 Å². The van der Waals surface area contributed by atoms with E-state index < -0.39 is 0 Å². The number of hydrogen-bond donors (Lipinski definition) is 2. The fourth-order valence-corrected chi connectivity index (χ4v) is 3.29. The van der Waals surface area contributed by atoms with Crippen molar-refractivity contribution in [2.45, 2.75) is 0 Å². The van der Waals surface area contributed by atoms with E-state index in [0.717, 1.165) is 4.47 Å². The molecule has 0 spiro atoms. The van der Waals surface area contributed by atoms with Crippen LogP contribution in [0.5, 0.6) is 0 Å². The molecule has 0 heterocycles. The van der Waals surface area contributed by atoms with Gasteiger partial charge in [-0.1, -0.05) is 39.1 Å². The minimum absolute atomic E-state index is 0.345. The van der Waals surface area contributed by atoms with Crippen LogP contribution < -0.4 is 11.1 Å². The van der Waals surface area contributed by atoms with Crippen molar-refractivity contribution >= 4 is 72.3 Å². The molecule has 0 unspecified atom stereocenters. The molecule has 0 saturated heterocycles. The topological polar surface area (TPSA) is 55.1 Å². The SMILES string of the molecule is Nc1ccc(Br)c(C(=O)Nc2c(Cl)cc(Br)cc2Cl)c1. The number of rotatable bonds is 2. The van der Waals surface area contributed by atoms with Crippen molar-refractivity contribution in [2.24, 2.45) is 0 Å². The molecular formula is C13H8Br2Cl2N2O. The van der Waals surface area contributed by atoms with Crippen molar-refractivity contribution in [1.29, 1.82) is 0 Å². The molecule has 0 aromatic heterocycles. The molecule has 0 aliphatic heterocycles. The first-order valence-corrected chi connectivity index (χ1v) is 7.73. The van der Waals surface area contributed by atoms with E-state index in [1.807, 2.05) is 0 Å². The normalized spacial score (nSPS) is 10.4. The molecule has 104 valence electrons. The highest BCUT2D eigenvalue weighted by Crippen LogP contribution is 2.34. The molecule has 1 amide bonds. The van der Waals surface area contributed by atoms with E-state index in [0.29, 0.717) is 31.5 Å². The van der Waals surface area contributed by atoms with Crippen LogP contribution in [0.2, 0.25) is 10.0 Å². The highest BCUT2D eigenvalue weighted by molar-refractivity contribution is 9.10. The fourth-order valence-electron chi connectivity index (χ4n) is 1.56. The summed E-state index contributed by atoms with van der Waals surface area (Å²) in [4.78, 5) is 12.3. The molecule has 0 bridgehead atoms. The Bertz CT molecular complexity index is 669. The molecule has 20 heavy (non-hydrogen) atoms. The minimum Gasteiger partial charge on any atom is -0.399 e. The minimum atomic E-state index is -0.352. The average Bonchev–Trinajstić information content (AvgIpc) is 2.36. The lowest BCUT2D eigenvalue weighted by atomic mass is 10.2. The van der Waals surface area contributed by atoms with Crippen molar-refractivity contribution in [3.8, 4) is 0 Å². The molecule has 0 atom stereocenters. The first kappa shape index (κ1) is 15.6. The molecule has 2 aromatic carbocycles. The van der Waals surface area contributed by atoms with Crippen LogP contribution in [0.3, 0.4) is 0 Å². The van der Waals surface area contributed by atoms with Gasteiger partial charge in [-0.25, -0.2) is 0 Å². The Morgan fingerprint density at radius 3 is 2.30 bits per heavy atom. The van der Waals surface area contributed by atoms with Gasteiger partial charge in [0, 0.05) is 14.6 Å². The third-order valence-corrected chi connectivity index (χ3v) is 4.23. The van der Waals surface area contributed by atoms with E-state index in [9.17, 15) is 4.79 Å². The van der Waals surface area contributed by atoms with Gasteiger partial charge in [-0.15, -0.1) is 0 Å². The second-order valence-corrected chi connectivity index (χ2v) is 6.52. The lowest BCUT2D eigenvalue weighted by Crippen LogP contribution is -2.13. The van der Waals surface area contributed by atoms with Crippen LogP contribution in [0.4, 0.5) is 11.4 Å². The smallest absolute Gasteiger partial charge is 0.256 e. The number of halogens is 4. The largest absolute Gasteiger partial charge is 0.399 e. The quantitative estimate of drug-likeness (QED) is 0.621. The highest BCUT2D eigenvalue weighted by atomic mass is 79.9. The summed E-state index contributed by atoms with van der Waals surface area (Å²) in [6.45, 7) is 0. The van der Waals surface area contributed by atoms with Gasteiger partial charge in [-0.05, 0) is 46.3 Å². The van der Waals surface area contributed by atoms with E-state index in [1.165, 1.54) is 0 Å². The Morgan fingerprint density at radius 1 is 1.10 bits per heavy atom. The van der Waals surface area contributed by atoms with Crippen molar-refractivity contribution in [3.05, 3.63) is 54.9 Å². The number of amides is 1. The Morgan fingerprint density at radius 2 is 1.70 bits per heavy atom. The predicted molar refractivity (Wildman–Crippen MR) is 90.7 cm³/mol. The lowest BCUT2D eigenvalue weighted by Gasteiger charge is -2.11. The van der Waals surface area contributed by atoms with Gasteiger partial charge in [0.05, 0.1) is 21.3 Å². The van der Waals surface area contributed by atoms with Crippen molar-refractivity contribution in [3.63, 3.8) is 0 Å². The van der Waals surface area contributed by atoms with Gasteiger partial charge < -0.3 is 11.1 Å². The van der Waals surface area contributed by atoms with Crippen LogP contribution in [-0.2, 0) is 0 Å². The molecule has 7 heteroatoms. The molecule has 0 aliphatic carbocycles. The fraction of sp³-hybridized carbons (Fsp3) is 0. The van der Waals surface area contributed by atoms with Gasteiger partial charge in [0.15, 0.2) is 0 Å². The maximum absolute atomic E-state index is 12.3. The summed E-state index contributed by atoms with van der Waals surface area (Å²) in [5.41, 5.74) is 6.93. The molecule has 0 fully saturated rings. The van der Waals surface area contributed by atoms with E-state index in [2.05, 4.69) is 37.2 Å². The molecule has 0 radical (unpaired) electrons. The van der Waals surface area contributed by atoms with E-state index in [-0.39, 0.29) is 5.91 Å². The number of nitrogens with one attached hydrogen (secondary N) is 1. The van der Waals surface area contributed by atoms with Crippen LogP contribution in [0.15, 0.2) is 39.3 Å². The molecule has 0 aliphatic rings. The Labute approximate surface area is 142 Å². The van der Waals surface area contributed by atoms with Crippen LogP contribution in [-0.4, -0.2) is 5.91 Å². The second-order valence-electron chi connectivity index (χ2n) is 3.94. The summed E-state index contributed by atoms with van der Waals surface area (Å²) in [6, 6.07) is 8.27. The first-order valence-electron chi connectivity index (χ1n) is 5.39. The van der Waals surface area contributed by atoms with Crippen molar-refractivity contribution in [2.75, 3.05) is 11.1 Å². The standard InChI is InChI=1S/C13H8Br2Cl2N2O/c14-6-3-10(16)12(11(17)4-6)19-13(20)8-5-7(18)1-2-9(8)15/h1-5H,18H2,(H,19,20). The van der Waals surface area contributed by atoms with Gasteiger partial charge in [-0.3, -0.25) is 4.79 Å². The van der Waals surface area contributed by atoms with Gasteiger partial charge >= 0.3 is 0 Å². The first-order chi connectivity index (χ1) is 9.38. The lowest BCUT2D eigenvalue weighted by molar-refractivity contribution is 0.102. The maximum atomic E-state index is 12.3. The predicted octanol–water partition coefficient (Wildman–Crippen LogP) is 5.35. The number of hydrogen-bond acceptors (Lipinski definition) is 2. The molecule has 2 aromatic rings. The summed E-state index contributed by atoms with van der Waals surface area (Å²) >= 11 is 18.7. The van der Waals surface area contributed by atoms with E-state index in [1.54, 1.807) is 30.3 Å². The van der Waals surface area contributed by atoms with Crippen molar-refractivity contribution in [1.82, 2.24) is 0 Å². The molecule has 2 rings (SSSR count). The van der Waals surface area contributed by atoms with Gasteiger partial charge in [0.2, 0.25) is 0 Å². The number of nitrogens with two attached hydrogens (primary N) is 1. The van der Waals surface area contributed by atoms with Crippen LogP contribution >= 0.6 is 55.1 Å². The molecule has 3 N–H and O–H groups in total. The number of anilines is 2. The third-order valence-electron chi connectivity index (χ3n) is 2.48. The van der Waals surface area contributed by atoms with Crippen LogP contribution in [0, 0.1) is 0 Å². The Kier molecular flexibility index (Phi) is 4.96. The zero-order valence-corrected chi connectivity index (χ0v) is 14.6. The number of nitrogen functional groups attached to an aromatic ring is 1. The Hall–Kier alpha value is -0.750. The molecule has 3 nitrogen and oxygen atoms in total. The summed E-state index contributed by atoms with van der Waals surface area (Å²) in [5.74, 6) is -0.352. The average molecular weight is 439 g/mol. The van der Waals surface area contributed by atoms with Gasteiger partial charge in [0.1, 0.15) is 0 Å². The number of benzene rings is 2. The van der Waals surface area contributed by atoms with Gasteiger partial charge in [-0.2, -0.15) is 0 Å². The molecular weight excluding hydrogens is 431 g/mol. The van der Waals surface area contributed by atoms with Crippen LogP contribution in [0.1, 0.15) is 10.4 Å². The molecule has 0 saturated carbocycles. The highest BCUT2D eigenvalue weighted by Gasteiger charge is 2.15. The number of carbonyl (C=O) groups excluding carboxylic acids is 1. The summed E-state index contributed by atoms with van der Waals surface area (Å²) in [5, 5.41) is 3.37. The third kappa shape index (κ3) is 3.47.